The number of aryl methyl sites for hydroxylation is 1. The van der Waals surface area contributed by atoms with Crippen LogP contribution in [0.15, 0.2) is 41.3 Å². The molecule has 1 aliphatic heterocycles. The smallest absolute Gasteiger partial charge is 0.361 e. The number of aromatic nitrogens is 4. The van der Waals surface area contributed by atoms with Gasteiger partial charge in [0, 0.05) is 22.3 Å². The molecule has 0 fully saturated rings. The fourth-order valence-corrected chi connectivity index (χ4v) is 3.93. The maximum atomic E-state index is 12.8. The van der Waals surface area contributed by atoms with E-state index in [-0.39, 0.29) is 23.9 Å². The standard InChI is InChI=1S/C22H23ClN4O4/c1-22(2,3)31-21(30)18-11-26(25-24-18)19-7-4-14(23)10-17(19)13-8-15-5-6-16(12-28)27(15)20(29)9-13/h4,7-11,16,28H,5-6,12H2,1-3H3/t16-/m0/s1. The van der Waals surface area contributed by atoms with Crippen LogP contribution in [0, 0.1) is 0 Å². The van der Waals surface area contributed by atoms with Crippen molar-refractivity contribution >= 4 is 17.6 Å². The van der Waals surface area contributed by atoms with Crippen LogP contribution in [0.5, 0.6) is 0 Å². The second-order valence-electron chi connectivity index (χ2n) is 8.53. The second kappa shape index (κ2) is 7.94. The van der Waals surface area contributed by atoms with Gasteiger partial charge in [-0.15, -0.1) is 5.10 Å². The average molecular weight is 443 g/mol. The van der Waals surface area contributed by atoms with Crippen molar-refractivity contribution in [2.24, 2.45) is 0 Å². The number of aliphatic hydroxyl groups is 1. The van der Waals surface area contributed by atoms with Crippen molar-refractivity contribution in [1.82, 2.24) is 19.6 Å². The van der Waals surface area contributed by atoms with E-state index in [4.69, 9.17) is 16.3 Å². The van der Waals surface area contributed by atoms with Gasteiger partial charge in [-0.05, 0) is 63.4 Å². The molecule has 3 aromatic rings. The minimum absolute atomic E-state index is 0.0684. The van der Waals surface area contributed by atoms with Gasteiger partial charge in [0.25, 0.3) is 5.56 Å². The lowest BCUT2D eigenvalue weighted by Gasteiger charge is -2.18. The van der Waals surface area contributed by atoms with E-state index in [0.29, 0.717) is 28.3 Å². The first-order valence-corrected chi connectivity index (χ1v) is 10.4. The summed E-state index contributed by atoms with van der Waals surface area (Å²) in [7, 11) is 0. The quantitative estimate of drug-likeness (QED) is 0.623. The Labute approximate surface area is 184 Å². The number of nitrogens with zero attached hydrogens (tertiary/aromatic N) is 4. The Morgan fingerprint density at radius 1 is 1.29 bits per heavy atom. The number of pyridine rings is 1. The first-order valence-electron chi connectivity index (χ1n) is 9.98. The summed E-state index contributed by atoms with van der Waals surface area (Å²) in [6.07, 6.45) is 2.92. The lowest BCUT2D eigenvalue weighted by molar-refractivity contribution is 0.00627. The number of aliphatic hydroxyl groups excluding tert-OH is 1. The predicted octanol–water partition coefficient (Wildman–Crippen LogP) is 3.18. The highest BCUT2D eigenvalue weighted by Gasteiger charge is 2.25. The van der Waals surface area contributed by atoms with Crippen molar-refractivity contribution < 1.29 is 14.6 Å². The zero-order valence-electron chi connectivity index (χ0n) is 17.5. The van der Waals surface area contributed by atoms with Crippen molar-refractivity contribution in [3.05, 3.63) is 63.3 Å². The number of esters is 1. The molecule has 31 heavy (non-hydrogen) atoms. The Morgan fingerprint density at radius 3 is 2.77 bits per heavy atom. The number of benzene rings is 1. The predicted molar refractivity (Wildman–Crippen MR) is 116 cm³/mol. The maximum Gasteiger partial charge on any atom is 0.361 e. The molecular formula is C22H23ClN4O4. The maximum absolute atomic E-state index is 12.8. The van der Waals surface area contributed by atoms with E-state index in [1.807, 2.05) is 6.07 Å². The van der Waals surface area contributed by atoms with Gasteiger partial charge >= 0.3 is 5.97 Å². The van der Waals surface area contributed by atoms with E-state index in [0.717, 1.165) is 12.1 Å². The van der Waals surface area contributed by atoms with Gasteiger partial charge in [-0.1, -0.05) is 16.8 Å². The lowest BCUT2D eigenvalue weighted by atomic mass is 10.0. The largest absolute Gasteiger partial charge is 0.455 e. The molecule has 1 atom stereocenters. The summed E-state index contributed by atoms with van der Waals surface area (Å²) in [5, 5.41) is 18.1. The number of ether oxygens (including phenoxy) is 1. The average Bonchev–Trinajstić information content (AvgIpc) is 3.34. The monoisotopic (exact) mass is 442 g/mol. The van der Waals surface area contributed by atoms with Gasteiger partial charge in [-0.3, -0.25) is 4.79 Å². The molecule has 4 rings (SSSR count). The molecule has 0 unspecified atom stereocenters. The van der Waals surface area contributed by atoms with Crippen LogP contribution >= 0.6 is 11.6 Å². The molecule has 1 N–H and O–H groups in total. The molecule has 1 aromatic carbocycles. The summed E-state index contributed by atoms with van der Waals surface area (Å²) in [5.41, 5.74) is 2.10. The molecule has 9 heteroatoms. The minimum Gasteiger partial charge on any atom is -0.455 e. The minimum atomic E-state index is -0.647. The van der Waals surface area contributed by atoms with Gasteiger partial charge in [-0.2, -0.15) is 0 Å². The molecule has 1 aliphatic rings. The second-order valence-corrected chi connectivity index (χ2v) is 8.97. The molecule has 3 heterocycles. The molecule has 0 aliphatic carbocycles. The summed E-state index contributed by atoms with van der Waals surface area (Å²) in [4.78, 5) is 25.1. The van der Waals surface area contributed by atoms with Crippen molar-refractivity contribution in [2.75, 3.05) is 6.61 Å². The van der Waals surface area contributed by atoms with E-state index >= 15 is 0 Å². The van der Waals surface area contributed by atoms with Crippen molar-refractivity contribution in [3.8, 4) is 16.8 Å². The number of hydrogen-bond acceptors (Lipinski definition) is 6. The van der Waals surface area contributed by atoms with Crippen LogP contribution in [-0.4, -0.2) is 42.8 Å². The third-order valence-corrected chi connectivity index (χ3v) is 5.31. The molecule has 162 valence electrons. The molecule has 8 nitrogen and oxygen atoms in total. The topological polar surface area (TPSA) is 99.2 Å². The Morgan fingerprint density at radius 2 is 2.06 bits per heavy atom. The van der Waals surface area contributed by atoms with E-state index in [1.165, 1.54) is 16.9 Å². The van der Waals surface area contributed by atoms with Crippen molar-refractivity contribution in [1.29, 1.82) is 0 Å². The third-order valence-electron chi connectivity index (χ3n) is 5.08. The van der Waals surface area contributed by atoms with Crippen LogP contribution in [0.4, 0.5) is 0 Å². The van der Waals surface area contributed by atoms with E-state index in [2.05, 4.69) is 10.3 Å². The van der Waals surface area contributed by atoms with Crippen LogP contribution in [0.3, 0.4) is 0 Å². The number of hydrogen-bond donors (Lipinski definition) is 1. The summed E-state index contributed by atoms with van der Waals surface area (Å²) >= 11 is 6.25. The van der Waals surface area contributed by atoms with Crippen LogP contribution < -0.4 is 5.56 Å². The van der Waals surface area contributed by atoms with Gasteiger partial charge < -0.3 is 14.4 Å². The van der Waals surface area contributed by atoms with Crippen LogP contribution in [0.1, 0.15) is 49.4 Å². The van der Waals surface area contributed by atoms with Gasteiger partial charge in [0.05, 0.1) is 24.5 Å². The van der Waals surface area contributed by atoms with Gasteiger partial charge in [0.15, 0.2) is 5.69 Å². The van der Waals surface area contributed by atoms with Crippen LogP contribution in [0.25, 0.3) is 16.8 Å². The fraction of sp³-hybridized carbons (Fsp3) is 0.364. The van der Waals surface area contributed by atoms with Crippen LogP contribution in [0.2, 0.25) is 5.02 Å². The highest BCUT2D eigenvalue weighted by molar-refractivity contribution is 6.31. The van der Waals surface area contributed by atoms with Gasteiger partial charge in [0.2, 0.25) is 0 Å². The molecular weight excluding hydrogens is 420 g/mol. The summed E-state index contributed by atoms with van der Waals surface area (Å²) in [6.45, 7) is 5.27. The zero-order chi connectivity index (χ0) is 22.3. The number of carbonyl (C=O) groups excluding carboxylic acids is 1. The zero-order valence-corrected chi connectivity index (χ0v) is 18.3. The highest BCUT2D eigenvalue weighted by Crippen LogP contribution is 2.32. The number of carbonyl (C=O) groups is 1. The fourth-order valence-electron chi connectivity index (χ4n) is 3.76. The Hall–Kier alpha value is -2.97. The normalized spacial score (nSPS) is 15.7. The molecule has 0 spiro atoms. The lowest BCUT2D eigenvalue weighted by Crippen LogP contribution is -2.24. The highest BCUT2D eigenvalue weighted by atomic mass is 35.5. The Kier molecular flexibility index (Phi) is 5.45. The Bertz CT molecular complexity index is 1210. The number of fused-ring (bicyclic) bond motifs is 1. The SMILES string of the molecule is CC(C)(C)OC(=O)c1cn(-c2ccc(Cl)cc2-c2cc3n(c(=O)c2)[C@H](CO)CC3)nn1. The Balaban J connectivity index is 1.76. The first kappa shape index (κ1) is 21.3. The number of rotatable bonds is 4. The molecule has 0 saturated carbocycles. The van der Waals surface area contributed by atoms with Gasteiger partial charge in [-0.25, -0.2) is 9.48 Å². The molecule has 0 radical (unpaired) electrons. The van der Waals surface area contributed by atoms with E-state index < -0.39 is 11.6 Å². The van der Waals surface area contributed by atoms with Crippen molar-refractivity contribution in [3.63, 3.8) is 0 Å². The first-order chi connectivity index (χ1) is 14.7. The summed E-state index contributed by atoms with van der Waals surface area (Å²) < 4.78 is 8.46. The van der Waals surface area contributed by atoms with Gasteiger partial charge in [0.1, 0.15) is 5.60 Å². The summed E-state index contributed by atoms with van der Waals surface area (Å²) in [5.74, 6) is -0.569. The van der Waals surface area contributed by atoms with E-state index in [1.54, 1.807) is 43.5 Å². The van der Waals surface area contributed by atoms with Crippen LogP contribution in [-0.2, 0) is 11.2 Å². The molecule has 0 saturated heterocycles. The molecule has 2 aromatic heterocycles. The third kappa shape index (κ3) is 4.26. The van der Waals surface area contributed by atoms with Crippen molar-refractivity contribution in [2.45, 2.75) is 45.3 Å². The summed E-state index contributed by atoms with van der Waals surface area (Å²) in [6, 6.07) is 8.47. The molecule has 0 amide bonds. The number of halogens is 1. The van der Waals surface area contributed by atoms with E-state index in [9.17, 15) is 14.7 Å². The molecule has 0 bridgehead atoms.